The van der Waals surface area contributed by atoms with E-state index in [1.54, 1.807) is 4.90 Å². The van der Waals surface area contributed by atoms with Crippen molar-refractivity contribution in [1.29, 1.82) is 0 Å². The smallest absolute Gasteiger partial charge is 0.150 e. The maximum absolute atomic E-state index is 14.1. The van der Waals surface area contributed by atoms with Crippen LogP contribution >= 0.6 is 12.2 Å². The standard InChI is InChI=1S/C14H19F2N3S/c1-2-3-18-4-6-19(7-5-18)13-11(15)8-10(14(17)20)9-12(13)16/h8-9H,2-7H2,1H3,(H2,17,20). The molecule has 0 spiro atoms. The van der Waals surface area contributed by atoms with Gasteiger partial charge in [-0.2, -0.15) is 0 Å². The van der Waals surface area contributed by atoms with Crippen molar-refractivity contribution in [3.8, 4) is 0 Å². The summed E-state index contributed by atoms with van der Waals surface area (Å²) in [6.45, 7) is 6.05. The van der Waals surface area contributed by atoms with Gasteiger partial charge in [-0.25, -0.2) is 8.78 Å². The lowest BCUT2D eigenvalue weighted by Gasteiger charge is -2.36. The van der Waals surface area contributed by atoms with Crippen molar-refractivity contribution in [3.05, 3.63) is 29.3 Å². The topological polar surface area (TPSA) is 32.5 Å². The number of piperazine rings is 1. The molecule has 1 aromatic carbocycles. The summed E-state index contributed by atoms with van der Waals surface area (Å²) in [7, 11) is 0. The average Bonchev–Trinajstić information content (AvgIpc) is 2.40. The maximum Gasteiger partial charge on any atom is 0.150 e. The number of hydrogen-bond acceptors (Lipinski definition) is 3. The number of halogens is 2. The molecule has 1 saturated heterocycles. The second-order valence-corrected chi connectivity index (χ2v) is 5.42. The molecule has 110 valence electrons. The van der Waals surface area contributed by atoms with Gasteiger partial charge in [-0.05, 0) is 25.1 Å². The van der Waals surface area contributed by atoms with Crippen LogP contribution in [0.25, 0.3) is 0 Å². The van der Waals surface area contributed by atoms with E-state index in [0.29, 0.717) is 13.1 Å². The molecule has 2 N–H and O–H groups in total. The van der Waals surface area contributed by atoms with E-state index in [1.807, 2.05) is 0 Å². The fraction of sp³-hybridized carbons (Fsp3) is 0.500. The van der Waals surface area contributed by atoms with Crippen molar-refractivity contribution in [1.82, 2.24) is 4.90 Å². The maximum atomic E-state index is 14.1. The summed E-state index contributed by atoms with van der Waals surface area (Å²) in [5.74, 6) is -1.20. The zero-order valence-corrected chi connectivity index (χ0v) is 12.3. The SMILES string of the molecule is CCCN1CCN(c2c(F)cc(C(N)=S)cc2F)CC1. The number of nitrogens with zero attached hydrogens (tertiary/aromatic N) is 2. The highest BCUT2D eigenvalue weighted by Crippen LogP contribution is 2.26. The van der Waals surface area contributed by atoms with Gasteiger partial charge in [-0.3, -0.25) is 4.90 Å². The minimum absolute atomic E-state index is 0.00196. The Bertz CT molecular complexity index is 476. The highest BCUT2D eigenvalue weighted by Gasteiger charge is 2.22. The first-order chi connectivity index (χ1) is 9.52. The summed E-state index contributed by atoms with van der Waals surface area (Å²) in [5.41, 5.74) is 5.66. The summed E-state index contributed by atoms with van der Waals surface area (Å²) in [5, 5.41) is 0. The molecule has 1 heterocycles. The summed E-state index contributed by atoms with van der Waals surface area (Å²) in [4.78, 5) is 4.05. The molecule has 0 bridgehead atoms. The molecule has 0 unspecified atom stereocenters. The minimum Gasteiger partial charge on any atom is -0.389 e. The van der Waals surface area contributed by atoms with Gasteiger partial charge in [0, 0.05) is 31.7 Å². The number of thiocarbonyl (C=S) groups is 1. The molecule has 2 rings (SSSR count). The molecule has 0 aliphatic carbocycles. The van der Waals surface area contributed by atoms with Gasteiger partial charge in [0.2, 0.25) is 0 Å². The molecule has 1 aliphatic rings. The second kappa shape index (κ2) is 6.45. The Hall–Kier alpha value is -1.27. The summed E-state index contributed by atoms with van der Waals surface area (Å²) >= 11 is 4.75. The third-order valence-corrected chi connectivity index (χ3v) is 3.77. The Labute approximate surface area is 123 Å². The second-order valence-electron chi connectivity index (χ2n) is 4.98. The zero-order chi connectivity index (χ0) is 14.7. The van der Waals surface area contributed by atoms with Crippen LogP contribution in [0.1, 0.15) is 18.9 Å². The third-order valence-electron chi connectivity index (χ3n) is 3.53. The van der Waals surface area contributed by atoms with E-state index in [-0.39, 0.29) is 16.2 Å². The molecule has 1 fully saturated rings. The zero-order valence-electron chi connectivity index (χ0n) is 11.5. The average molecular weight is 299 g/mol. The van der Waals surface area contributed by atoms with Crippen LogP contribution in [0, 0.1) is 11.6 Å². The summed E-state index contributed by atoms with van der Waals surface area (Å²) in [6.07, 6.45) is 1.09. The molecule has 20 heavy (non-hydrogen) atoms. The van der Waals surface area contributed by atoms with Gasteiger partial charge in [-0.15, -0.1) is 0 Å². The van der Waals surface area contributed by atoms with E-state index in [0.717, 1.165) is 26.1 Å². The van der Waals surface area contributed by atoms with Crippen molar-refractivity contribution in [2.45, 2.75) is 13.3 Å². The molecule has 3 nitrogen and oxygen atoms in total. The van der Waals surface area contributed by atoms with Gasteiger partial charge in [0.15, 0.2) is 0 Å². The van der Waals surface area contributed by atoms with E-state index in [1.165, 1.54) is 12.1 Å². The van der Waals surface area contributed by atoms with E-state index >= 15 is 0 Å². The summed E-state index contributed by atoms with van der Waals surface area (Å²) in [6, 6.07) is 2.42. The van der Waals surface area contributed by atoms with Gasteiger partial charge in [0.25, 0.3) is 0 Å². The molecular formula is C14H19F2N3S. The Morgan fingerprint density at radius 1 is 1.20 bits per heavy atom. The van der Waals surface area contributed by atoms with Crippen LogP contribution in [0.5, 0.6) is 0 Å². The Morgan fingerprint density at radius 3 is 2.20 bits per heavy atom. The van der Waals surface area contributed by atoms with Gasteiger partial charge < -0.3 is 10.6 Å². The van der Waals surface area contributed by atoms with Crippen molar-refractivity contribution in [2.75, 3.05) is 37.6 Å². The van der Waals surface area contributed by atoms with Crippen molar-refractivity contribution >= 4 is 22.9 Å². The normalized spacial score (nSPS) is 16.4. The van der Waals surface area contributed by atoms with Gasteiger partial charge in [0.1, 0.15) is 22.3 Å². The molecule has 0 amide bonds. The summed E-state index contributed by atoms with van der Waals surface area (Å²) < 4.78 is 28.2. The van der Waals surface area contributed by atoms with Gasteiger partial charge >= 0.3 is 0 Å². The lowest BCUT2D eigenvalue weighted by Crippen LogP contribution is -2.47. The van der Waals surface area contributed by atoms with E-state index < -0.39 is 11.6 Å². The molecular weight excluding hydrogens is 280 g/mol. The lowest BCUT2D eigenvalue weighted by molar-refractivity contribution is 0.257. The van der Waals surface area contributed by atoms with Crippen LogP contribution < -0.4 is 10.6 Å². The van der Waals surface area contributed by atoms with Gasteiger partial charge in [0.05, 0.1) is 0 Å². The quantitative estimate of drug-likeness (QED) is 0.863. The van der Waals surface area contributed by atoms with Crippen LogP contribution in [0.15, 0.2) is 12.1 Å². The number of benzene rings is 1. The van der Waals surface area contributed by atoms with Crippen LogP contribution in [0.2, 0.25) is 0 Å². The predicted molar refractivity (Wildman–Crippen MR) is 81.2 cm³/mol. The minimum atomic E-state index is -0.600. The molecule has 0 atom stereocenters. The Balaban J connectivity index is 2.16. The van der Waals surface area contributed by atoms with Crippen molar-refractivity contribution in [3.63, 3.8) is 0 Å². The largest absolute Gasteiger partial charge is 0.389 e. The van der Waals surface area contributed by atoms with Crippen molar-refractivity contribution in [2.24, 2.45) is 5.73 Å². The number of rotatable bonds is 4. The highest BCUT2D eigenvalue weighted by molar-refractivity contribution is 7.80. The first-order valence-corrected chi connectivity index (χ1v) is 7.20. The monoisotopic (exact) mass is 299 g/mol. The Morgan fingerprint density at radius 2 is 1.75 bits per heavy atom. The fourth-order valence-electron chi connectivity index (χ4n) is 2.52. The molecule has 0 radical (unpaired) electrons. The molecule has 0 saturated carbocycles. The number of anilines is 1. The molecule has 0 aromatic heterocycles. The first-order valence-electron chi connectivity index (χ1n) is 6.79. The van der Waals surface area contributed by atoms with Crippen LogP contribution in [0.3, 0.4) is 0 Å². The third kappa shape index (κ3) is 3.24. The molecule has 6 heteroatoms. The van der Waals surface area contributed by atoms with E-state index in [9.17, 15) is 8.78 Å². The Kier molecular flexibility index (Phi) is 4.88. The first kappa shape index (κ1) is 15.1. The highest BCUT2D eigenvalue weighted by atomic mass is 32.1. The fourth-order valence-corrected chi connectivity index (χ4v) is 2.64. The van der Waals surface area contributed by atoms with E-state index in [4.69, 9.17) is 18.0 Å². The number of nitrogens with two attached hydrogens (primary N) is 1. The van der Waals surface area contributed by atoms with E-state index in [2.05, 4.69) is 11.8 Å². The van der Waals surface area contributed by atoms with Crippen LogP contribution in [-0.2, 0) is 0 Å². The number of hydrogen-bond donors (Lipinski definition) is 1. The van der Waals surface area contributed by atoms with Crippen LogP contribution in [0.4, 0.5) is 14.5 Å². The lowest BCUT2D eigenvalue weighted by atomic mass is 10.1. The predicted octanol–water partition coefficient (Wildman–Crippen LogP) is 2.13. The van der Waals surface area contributed by atoms with Gasteiger partial charge in [-0.1, -0.05) is 19.1 Å². The van der Waals surface area contributed by atoms with Crippen LogP contribution in [-0.4, -0.2) is 42.6 Å². The van der Waals surface area contributed by atoms with Crippen molar-refractivity contribution < 1.29 is 8.78 Å². The molecule has 1 aliphatic heterocycles. The molecule has 1 aromatic rings.